The molecule has 1 N–H and O–H groups in total. The van der Waals surface area contributed by atoms with Crippen LogP contribution in [0, 0.1) is 11.8 Å². The Morgan fingerprint density at radius 1 is 1.59 bits per heavy atom. The second kappa shape index (κ2) is 7.38. The number of hydrogen-bond donors (Lipinski definition) is 1. The molecular formula is C12H15NO2S2. The maximum Gasteiger partial charge on any atom is 0.263 e. The molecule has 5 heteroatoms. The van der Waals surface area contributed by atoms with Gasteiger partial charge in [0.2, 0.25) is 0 Å². The van der Waals surface area contributed by atoms with Crippen molar-refractivity contribution in [3.8, 4) is 11.8 Å². The van der Waals surface area contributed by atoms with Gasteiger partial charge in [-0.15, -0.1) is 11.3 Å². The molecule has 0 aromatic carbocycles. The number of aliphatic hydroxyl groups is 1. The monoisotopic (exact) mass is 269 g/mol. The van der Waals surface area contributed by atoms with Gasteiger partial charge >= 0.3 is 0 Å². The van der Waals surface area contributed by atoms with Gasteiger partial charge in [-0.3, -0.25) is 4.79 Å². The van der Waals surface area contributed by atoms with E-state index in [1.807, 2.05) is 12.3 Å². The normalized spacial score (nSPS) is 9.59. The molecule has 1 amide bonds. The highest BCUT2D eigenvalue weighted by atomic mass is 32.2. The third-order valence-corrected chi connectivity index (χ3v) is 3.66. The maximum absolute atomic E-state index is 12.0. The predicted octanol–water partition coefficient (Wildman–Crippen LogP) is 1.53. The van der Waals surface area contributed by atoms with E-state index in [1.54, 1.807) is 29.8 Å². The van der Waals surface area contributed by atoms with E-state index in [0.717, 1.165) is 17.2 Å². The molecule has 0 radical (unpaired) electrons. The van der Waals surface area contributed by atoms with Gasteiger partial charge in [0.15, 0.2) is 0 Å². The highest BCUT2D eigenvalue weighted by molar-refractivity contribution is 7.98. The Labute approximate surface area is 110 Å². The molecule has 0 saturated carbocycles. The summed E-state index contributed by atoms with van der Waals surface area (Å²) in [6.07, 6.45) is 2.02. The minimum absolute atomic E-state index is 0.0288. The average molecular weight is 269 g/mol. The Bertz CT molecular complexity index is 431. The number of amides is 1. The van der Waals surface area contributed by atoms with E-state index in [-0.39, 0.29) is 12.5 Å². The Morgan fingerprint density at radius 2 is 2.35 bits per heavy atom. The van der Waals surface area contributed by atoms with Crippen molar-refractivity contribution in [3.63, 3.8) is 0 Å². The molecule has 0 unspecified atom stereocenters. The van der Waals surface area contributed by atoms with Crippen LogP contribution in [-0.2, 0) is 0 Å². The lowest BCUT2D eigenvalue weighted by molar-refractivity contribution is 0.0808. The quantitative estimate of drug-likeness (QED) is 0.843. The molecule has 1 aromatic heterocycles. The molecular weight excluding hydrogens is 254 g/mol. The fourth-order valence-corrected chi connectivity index (χ4v) is 2.50. The van der Waals surface area contributed by atoms with Crippen molar-refractivity contribution >= 4 is 29.0 Å². The van der Waals surface area contributed by atoms with Crippen LogP contribution in [0.25, 0.3) is 0 Å². The number of thiophene rings is 1. The van der Waals surface area contributed by atoms with Gasteiger partial charge < -0.3 is 10.0 Å². The number of hydrogen-bond acceptors (Lipinski definition) is 4. The predicted molar refractivity (Wildman–Crippen MR) is 73.6 cm³/mol. The van der Waals surface area contributed by atoms with Crippen molar-refractivity contribution in [2.75, 3.05) is 32.2 Å². The van der Waals surface area contributed by atoms with E-state index < -0.39 is 0 Å². The van der Waals surface area contributed by atoms with E-state index in [9.17, 15) is 4.79 Å². The van der Waals surface area contributed by atoms with Crippen LogP contribution < -0.4 is 0 Å². The third-order valence-electron chi connectivity index (χ3n) is 2.08. The van der Waals surface area contributed by atoms with E-state index in [1.165, 1.54) is 11.3 Å². The fraction of sp³-hybridized carbons (Fsp3) is 0.417. The summed E-state index contributed by atoms with van der Waals surface area (Å²) in [5.41, 5.74) is 0. The van der Waals surface area contributed by atoms with Crippen LogP contribution >= 0.6 is 23.1 Å². The highest BCUT2D eigenvalue weighted by Gasteiger charge is 2.13. The highest BCUT2D eigenvalue weighted by Crippen LogP contribution is 2.17. The SMILES string of the molecule is CSCCN(C)C(=O)c1ccc(C#CCO)s1. The first-order chi connectivity index (χ1) is 8.19. The second-order valence-corrected chi connectivity index (χ2v) is 5.41. The van der Waals surface area contributed by atoms with Gasteiger partial charge in [-0.1, -0.05) is 11.8 Å². The minimum atomic E-state index is -0.158. The van der Waals surface area contributed by atoms with Crippen LogP contribution in [0.15, 0.2) is 12.1 Å². The van der Waals surface area contributed by atoms with E-state index in [0.29, 0.717) is 4.88 Å². The molecule has 0 fully saturated rings. The summed E-state index contributed by atoms with van der Waals surface area (Å²) in [5.74, 6) is 6.33. The zero-order valence-corrected chi connectivity index (χ0v) is 11.5. The van der Waals surface area contributed by atoms with Crippen molar-refractivity contribution in [2.45, 2.75) is 0 Å². The van der Waals surface area contributed by atoms with E-state index in [4.69, 9.17) is 5.11 Å². The van der Waals surface area contributed by atoms with E-state index >= 15 is 0 Å². The largest absolute Gasteiger partial charge is 0.384 e. The summed E-state index contributed by atoms with van der Waals surface area (Å²) in [4.78, 5) is 15.2. The zero-order valence-electron chi connectivity index (χ0n) is 9.90. The third kappa shape index (κ3) is 4.43. The topological polar surface area (TPSA) is 40.5 Å². The first kappa shape index (κ1) is 14.1. The van der Waals surface area contributed by atoms with Crippen LogP contribution in [0.3, 0.4) is 0 Å². The Hall–Kier alpha value is -0.960. The Kier molecular flexibility index (Phi) is 6.12. The molecule has 1 heterocycles. The molecule has 0 aliphatic carbocycles. The summed E-state index contributed by atoms with van der Waals surface area (Å²) in [6.45, 7) is 0.588. The second-order valence-electron chi connectivity index (χ2n) is 3.34. The van der Waals surface area contributed by atoms with Crippen LogP contribution in [0.2, 0.25) is 0 Å². The molecule has 17 heavy (non-hydrogen) atoms. The standard InChI is InChI=1S/C12H15NO2S2/c1-13(7-9-16-2)12(15)11-6-5-10(17-11)4-3-8-14/h5-6,14H,7-9H2,1-2H3. The number of rotatable bonds is 4. The van der Waals surface area contributed by atoms with Gasteiger partial charge in [0.05, 0.1) is 9.75 Å². The summed E-state index contributed by atoms with van der Waals surface area (Å²) in [7, 11) is 1.80. The van der Waals surface area contributed by atoms with Gasteiger partial charge in [-0.25, -0.2) is 0 Å². The lowest BCUT2D eigenvalue weighted by atomic mass is 10.4. The number of aliphatic hydroxyl groups excluding tert-OH is 1. The van der Waals surface area contributed by atoms with Gasteiger partial charge in [0.25, 0.3) is 5.91 Å². The number of thioether (sulfide) groups is 1. The smallest absolute Gasteiger partial charge is 0.263 e. The van der Waals surface area contributed by atoms with Gasteiger partial charge in [0.1, 0.15) is 6.61 Å². The van der Waals surface area contributed by atoms with Crippen LogP contribution in [0.4, 0.5) is 0 Å². The van der Waals surface area contributed by atoms with Crippen LogP contribution in [0.1, 0.15) is 14.5 Å². The van der Waals surface area contributed by atoms with Crippen molar-refractivity contribution in [1.82, 2.24) is 4.90 Å². The Balaban J connectivity index is 2.66. The summed E-state index contributed by atoms with van der Waals surface area (Å²) >= 11 is 3.08. The molecule has 0 atom stereocenters. The zero-order chi connectivity index (χ0) is 12.7. The molecule has 1 aromatic rings. The van der Waals surface area contributed by atoms with Gasteiger partial charge in [0, 0.05) is 19.3 Å². The van der Waals surface area contributed by atoms with Gasteiger partial charge in [-0.2, -0.15) is 11.8 Å². The lowest BCUT2D eigenvalue weighted by Gasteiger charge is -2.14. The number of carbonyl (C=O) groups excluding carboxylic acids is 1. The molecule has 1 rings (SSSR count). The molecule has 0 bridgehead atoms. The number of nitrogens with zero attached hydrogens (tertiary/aromatic N) is 1. The molecule has 92 valence electrons. The summed E-state index contributed by atoms with van der Waals surface area (Å²) in [5, 5.41) is 8.58. The maximum atomic E-state index is 12.0. The van der Waals surface area contributed by atoms with Crippen LogP contribution in [-0.4, -0.2) is 48.1 Å². The van der Waals surface area contributed by atoms with Crippen molar-refractivity contribution in [3.05, 3.63) is 21.9 Å². The summed E-state index contributed by atoms with van der Waals surface area (Å²) < 4.78 is 0. The molecule has 3 nitrogen and oxygen atoms in total. The molecule has 0 aliphatic heterocycles. The first-order valence-corrected chi connectivity index (χ1v) is 7.34. The van der Waals surface area contributed by atoms with Crippen molar-refractivity contribution in [1.29, 1.82) is 0 Å². The minimum Gasteiger partial charge on any atom is -0.384 e. The average Bonchev–Trinajstić information content (AvgIpc) is 2.81. The lowest BCUT2D eigenvalue weighted by Crippen LogP contribution is -2.28. The fourth-order valence-electron chi connectivity index (χ4n) is 1.16. The number of carbonyl (C=O) groups is 1. The molecule has 0 aliphatic rings. The van der Waals surface area contributed by atoms with E-state index in [2.05, 4.69) is 11.8 Å². The van der Waals surface area contributed by atoms with Crippen LogP contribution in [0.5, 0.6) is 0 Å². The first-order valence-electron chi connectivity index (χ1n) is 5.13. The Morgan fingerprint density at radius 3 is 3.00 bits per heavy atom. The van der Waals surface area contributed by atoms with Crippen molar-refractivity contribution in [2.24, 2.45) is 0 Å². The van der Waals surface area contributed by atoms with Crippen molar-refractivity contribution < 1.29 is 9.90 Å². The van der Waals surface area contributed by atoms with Gasteiger partial charge in [-0.05, 0) is 18.4 Å². The molecule has 0 saturated heterocycles. The summed E-state index contributed by atoms with van der Waals surface area (Å²) in [6, 6.07) is 3.59. The molecule has 0 spiro atoms.